The van der Waals surface area contributed by atoms with E-state index in [0.29, 0.717) is 30.6 Å². The number of nitrogens with zero attached hydrogens (tertiary/aromatic N) is 2. The third-order valence-electron chi connectivity index (χ3n) is 19.0. The summed E-state index contributed by atoms with van der Waals surface area (Å²) in [4.78, 5) is 234. The number of carboxylic acid groups (broad SMARTS) is 1. The standard InChI is InChI=1S/C73H121N19O21S/c1-37(2)31-47(84-66(105)51-23-17-29-92(51)72(111)50(36-93)86-62(101)45(22-14-16-27-75)82-70(109)58(40(7)94)89-60(99)43(76)33-53(77)96)64(103)83-48(32-42-19-11-10-12-20-42)65(104)81-46(25-30-114-9)61(100)79-35-55(98)80-44(21-13-15-26-74)63(102)87-57(39(5)6)69(108)88-56(38(3)4)68(107)85-49(34-54(78)97)71(110)91-28-18-24-52(91)67(106)90-59(41(8)95)73(112)113/h10-12,19-20,37-41,43-52,56-59,93-95H,13-18,21-36,74-76H2,1-9H3,(H2,77,96)(H2,78,97)(H,79,100)(H,80,98)(H,81,104)(H,82,109)(H,83,103)(H,84,105)(H,85,107)(H,86,101)(H,87,102)(H,88,108)(H,89,99)(H,90,106)(H,112,113)/t40-,41-,43+,44+,45+,46+,47+,48+,49+,50+,51+,52+,56+,57+,58+,59+/m1/s1. The molecule has 1 aromatic carbocycles. The van der Waals surface area contributed by atoms with E-state index < -0.39 is 235 Å². The highest BCUT2D eigenvalue weighted by atomic mass is 32.2. The van der Waals surface area contributed by atoms with E-state index in [-0.39, 0.29) is 96.3 Å². The minimum Gasteiger partial charge on any atom is -0.480 e. The van der Waals surface area contributed by atoms with E-state index in [0.717, 1.165) is 16.7 Å². The minimum absolute atomic E-state index is 0.00217. The molecule has 640 valence electrons. The van der Waals surface area contributed by atoms with Crippen molar-refractivity contribution in [3.8, 4) is 0 Å². The number of primary amides is 2. The van der Waals surface area contributed by atoms with Gasteiger partial charge in [-0.15, -0.1) is 0 Å². The molecule has 2 aliphatic heterocycles. The van der Waals surface area contributed by atoms with E-state index in [2.05, 4.69) is 63.8 Å². The van der Waals surface area contributed by atoms with Gasteiger partial charge in [-0.3, -0.25) is 76.7 Å². The zero-order valence-corrected chi connectivity index (χ0v) is 67.1. The fraction of sp³-hybridized carbons (Fsp3) is 0.685. The van der Waals surface area contributed by atoms with E-state index in [1.807, 2.05) is 0 Å². The SMILES string of the molecule is CSCC[C@H](NC(=O)[C@H](Cc1ccccc1)NC(=O)[C@H](CC(C)C)NC(=O)[C@@H]1CCCN1C(=O)[C@H](CO)NC(=O)[C@H](CCCCN)NC(=O)[C@@H](NC(=O)[C@@H](N)CC(N)=O)[C@@H](C)O)C(=O)NCC(=O)N[C@@H](CCCCN)C(=O)N[C@H](C(=O)N[C@H](C(=O)N[C@@H](CC(N)=O)C(=O)N1CCC[C@H]1C(=O)N[C@H](C(=O)O)[C@@H](C)O)C(C)C)C(C)C. The molecule has 0 spiro atoms. The van der Waals surface area contributed by atoms with Crippen LogP contribution in [-0.2, 0) is 87.9 Å². The van der Waals surface area contributed by atoms with Gasteiger partial charge >= 0.3 is 5.97 Å². The summed E-state index contributed by atoms with van der Waals surface area (Å²) < 4.78 is 0. The Hall–Kier alpha value is -9.68. The van der Waals surface area contributed by atoms with Gasteiger partial charge < -0.3 is 123 Å². The monoisotopic (exact) mass is 1630 g/mol. The number of thioether (sulfide) groups is 1. The molecular weight excluding hydrogens is 1510 g/mol. The predicted octanol–water partition coefficient (Wildman–Crippen LogP) is -7.05. The summed E-state index contributed by atoms with van der Waals surface area (Å²) in [5.74, 6) is -17.5. The predicted molar refractivity (Wildman–Crippen MR) is 415 cm³/mol. The van der Waals surface area contributed by atoms with Crippen LogP contribution in [0.25, 0.3) is 0 Å². The van der Waals surface area contributed by atoms with E-state index >= 15 is 0 Å². The molecule has 114 heavy (non-hydrogen) atoms. The van der Waals surface area contributed by atoms with Crippen molar-refractivity contribution < 1.29 is 102 Å². The number of aliphatic hydroxyl groups excluding tert-OH is 3. The zero-order valence-electron chi connectivity index (χ0n) is 66.3. The number of aliphatic carboxylic acids is 1. The molecule has 1 aromatic rings. The highest BCUT2D eigenvalue weighted by Crippen LogP contribution is 2.23. The second-order valence-corrected chi connectivity index (χ2v) is 30.6. The fourth-order valence-electron chi connectivity index (χ4n) is 12.7. The van der Waals surface area contributed by atoms with Crippen LogP contribution in [0.2, 0.25) is 0 Å². The summed E-state index contributed by atoms with van der Waals surface area (Å²) >= 11 is 1.33. The Morgan fingerprint density at radius 3 is 1.40 bits per heavy atom. The number of hydrogen-bond acceptors (Lipinski definition) is 24. The molecular formula is C73H121N19O21S. The van der Waals surface area contributed by atoms with Gasteiger partial charge in [-0.05, 0) is 139 Å². The maximum atomic E-state index is 14.7. The Kier molecular flexibility index (Phi) is 43.1. The van der Waals surface area contributed by atoms with Gasteiger partial charge in [-0.25, -0.2) is 4.79 Å². The average Bonchev–Trinajstić information content (AvgIpc) is 1.62. The van der Waals surface area contributed by atoms with Gasteiger partial charge in [0.05, 0.1) is 44.2 Å². The number of carboxylic acids is 1. The van der Waals surface area contributed by atoms with E-state index in [9.17, 15) is 102 Å². The Morgan fingerprint density at radius 2 is 0.912 bits per heavy atom. The van der Waals surface area contributed by atoms with Crippen LogP contribution in [0, 0.1) is 17.8 Å². The van der Waals surface area contributed by atoms with Crippen molar-refractivity contribution in [2.45, 2.75) is 248 Å². The van der Waals surface area contributed by atoms with E-state index in [1.165, 1.54) is 18.7 Å². The summed E-state index contributed by atoms with van der Waals surface area (Å²) in [6.45, 7) is 10.8. The van der Waals surface area contributed by atoms with Gasteiger partial charge in [0.1, 0.15) is 72.5 Å². The highest BCUT2D eigenvalue weighted by Gasteiger charge is 2.44. The first-order chi connectivity index (χ1) is 53.7. The molecule has 0 bridgehead atoms. The van der Waals surface area contributed by atoms with Crippen LogP contribution in [0.5, 0.6) is 0 Å². The summed E-state index contributed by atoms with van der Waals surface area (Å²) in [5, 5.41) is 70.9. The Balaban J connectivity index is 1.83. The first-order valence-electron chi connectivity index (χ1n) is 38.4. The van der Waals surface area contributed by atoms with Crippen molar-refractivity contribution in [1.29, 1.82) is 0 Å². The zero-order chi connectivity index (χ0) is 85.8. The van der Waals surface area contributed by atoms with Crippen molar-refractivity contribution in [3.63, 3.8) is 0 Å². The molecule has 0 saturated carbocycles. The van der Waals surface area contributed by atoms with Crippen molar-refractivity contribution in [2.24, 2.45) is 46.4 Å². The third kappa shape index (κ3) is 32.7. The summed E-state index contributed by atoms with van der Waals surface area (Å²) in [6, 6.07) is -11.9. The first-order valence-corrected chi connectivity index (χ1v) is 39.8. The number of benzene rings is 1. The van der Waals surface area contributed by atoms with Gasteiger partial charge in [0.15, 0.2) is 6.04 Å². The van der Waals surface area contributed by atoms with Gasteiger partial charge in [0.25, 0.3) is 0 Å². The molecule has 16 amide bonds. The molecule has 0 radical (unpaired) electrons. The fourth-order valence-corrected chi connectivity index (χ4v) is 13.2. The molecule has 26 N–H and O–H groups in total. The van der Waals surface area contributed by atoms with Crippen LogP contribution in [0.1, 0.15) is 151 Å². The summed E-state index contributed by atoms with van der Waals surface area (Å²) in [7, 11) is 0. The van der Waals surface area contributed by atoms with Crippen LogP contribution in [-0.4, -0.2) is 279 Å². The number of hydrogen-bond donors (Lipinski definition) is 21. The number of amides is 16. The molecule has 16 atom stereocenters. The van der Waals surface area contributed by atoms with Crippen molar-refractivity contribution in [2.75, 3.05) is 51.3 Å². The highest BCUT2D eigenvalue weighted by molar-refractivity contribution is 7.98. The smallest absolute Gasteiger partial charge is 0.328 e. The molecule has 40 nitrogen and oxygen atoms in total. The summed E-state index contributed by atoms with van der Waals surface area (Å²) in [5.41, 5.74) is 28.4. The molecule has 2 fully saturated rings. The number of rotatable bonds is 51. The number of aliphatic hydroxyl groups is 3. The lowest BCUT2D eigenvalue weighted by molar-refractivity contribution is -0.147. The first kappa shape index (κ1) is 98.5. The molecule has 2 saturated heterocycles. The number of nitrogens with two attached hydrogens (primary N) is 5. The topological polar surface area (TPSA) is 652 Å². The molecule has 2 aliphatic rings. The number of unbranched alkanes of at least 4 members (excludes halogenated alkanes) is 2. The van der Waals surface area contributed by atoms with E-state index in [1.54, 1.807) is 78.1 Å². The van der Waals surface area contributed by atoms with Crippen LogP contribution < -0.4 is 92.5 Å². The third-order valence-corrected chi connectivity index (χ3v) is 19.6. The quantitative estimate of drug-likeness (QED) is 0.0270. The van der Waals surface area contributed by atoms with Crippen molar-refractivity contribution >= 4 is 112 Å². The molecule has 3 rings (SSSR count). The Morgan fingerprint density at radius 1 is 0.482 bits per heavy atom. The van der Waals surface area contributed by atoms with Crippen LogP contribution in [0.15, 0.2) is 30.3 Å². The molecule has 0 aliphatic carbocycles. The van der Waals surface area contributed by atoms with Gasteiger partial charge in [0.2, 0.25) is 94.5 Å². The molecule has 2 heterocycles. The molecule has 41 heteroatoms. The van der Waals surface area contributed by atoms with Crippen molar-refractivity contribution in [3.05, 3.63) is 35.9 Å². The number of carbonyl (C=O) groups is 17. The van der Waals surface area contributed by atoms with Crippen molar-refractivity contribution in [1.82, 2.24) is 73.6 Å². The van der Waals surface area contributed by atoms with Gasteiger partial charge in [-0.2, -0.15) is 11.8 Å². The number of carbonyl (C=O) groups excluding carboxylic acids is 16. The van der Waals surface area contributed by atoms with Crippen LogP contribution in [0.4, 0.5) is 0 Å². The lowest BCUT2D eigenvalue weighted by Crippen LogP contribution is -2.61. The lowest BCUT2D eigenvalue weighted by Gasteiger charge is -2.31. The largest absolute Gasteiger partial charge is 0.480 e. The molecule has 0 aromatic heterocycles. The Labute approximate surface area is 667 Å². The maximum absolute atomic E-state index is 14.7. The molecule has 0 unspecified atom stereocenters. The van der Waals surface area contributed by atoms with Gasteiger partial charge in [0, 0.05) is 19.5 Å². The second kappa shape index (κ2) is 49.8. The number of likely N-dealkylation sites (tertiary alicyclic amines) is 2. The minimum atomic E-state index is -1.72. The number of nitrogens with one attached hydrogen (secondary N) is 12. The second-order valence-electron chi connectivity index (χ2n) is 29.6. The van der Waals surface area contributed by atoms with Crippen LogP contribution in [0.3, 0.4) is 0 Å². The lowest BCUT2D eigenvalue weighted by atomic mass is 9.98. The van der Waals surface area contributed by atoms with Gasteiger partial charge in [-0.1, -0.05) is 71.9 Å². The summed E-state index contributed by atoms with van der Waals surface area (Å²) in [6.07, 6.45) is -0.847. The Bertz CT molecular complexity index is 3450. The normalized spacial score (nSPS) is 17.7. The maximum Gasteiger partial charge on any atom is 0.328 e. The van der Waals surface area contributed by atoms with Crippen LogP contribution >= 0.6 is 11.8 Å². The van der Waals surface area contributed by atoms with E-state index in [4.69, 9.17) is 28.7 Å². The average molecular weight is 1630 g/mol.